The van der Waals surface area contributed by atoms with Crippen LogP contribution in [0.25, 0.3) is 0 Å². The van der Waals surface area contributed by atoms with Crippen LogP contribution in [0.2, 0.25) is 0 Å². The molecule has 37 heavy (non-hydrogen) atoms. The molecule has 0 aromatic heterocycles. The molecule has 0 spiro atoms. The molecule has 2 heterocycles. The predicted octanol–water partition coefficient (Wildman–Crippen LogP) is 3.18. The van der Waals surface area contributed by atoms with Gasteiger partial charge in [0, 0.05) is 31.2 Å². The number of nitrogens with one attached hydrogen (secondary N) is 1. The van der Waals surface area contributed by atoms with Gasteiger partial charge in [0.05, 0.1) is 13.2 Å². The number of alkyl halides is 3. The summed E-state index contributed by atoms with van der Waals surface area (Å²) < 4.78 is 36.9. The van der Waals surface area contributed by atoms with Gasteiger partial charge in [-0.05, 0) is 55.6 Å². The smallest absolute Gasteiger partial charge is 0.490 e. The number of carbonyl (C=O) groups excluding carboxylic acids is 2. The first-order valence-corrected chi connectivity index (χ1v) is 11.8. The van der Waals surface area contributed by atoms with Crippen LogP contribution in [0.3, 0.4) is 0 Å². The highest BCUT2D eigenvalue weighted by atomic mass is 19.4. The number of rotatable bonds is 5. The van der Waals surface area contributed by atoms with E-state index < -0.39 is 12.1 Å². The van der Waals surface area contributed by atoms with Crippen molar-refractivity contribution < 1.29 is 37.4 Å². The van der Waals surface area contributed by atoms with E-state index in [0.29, 0.717) is 25.0 Å². The van der Waals surface area contributed by atoms with Crippen molar-refractivity contribution in [2.45, 2.75) is 37.6 Å². The second-order valence-corrected chi connectivity index (χ2v) is 9.02. The normalized spacial score (nSPS) is 21.3. The molecule has 2 fully saturated rings. The van der Waals surface area contributed by atoms with E-state index in [2.05, 4.69) is 10.2 Å². The van der Waals surface area contributed by atoms with Gasteiger partial charge >= 0.3 is 12.1 Å². The van der Waals surface area contributed by atoms with E-state index in [-0.39, 0.29) is 17.9 Å². The Labute approximate surface area is 213 Å². The zero-order valence-electron chi connectivity index (χ0n) is 20.6. The minimum atomic E-state index is -5.08. The van der Waals surface area contributed by atoms with Gasteiger partial charge < -0.3 is 20.1 Å². The summed E-state index contributed by atoms with van der Waals surface area (Å²) in [5.41, 5.74) is 1.78. The number of methoxy groups -OCH3 is 1. The molecule has 0 bridgehead atoms. The zero-order chi connectivity index (χ0) is 27.2. The van der Waals surface area contributed by atoms with Gasteiger partial charge in [0.25, 0.3) is 5.91 Å². The SMILES string of the molecule is COc1ccc(CNC(=O)C2CC3CN(C(=O)c4ccccc4)CCC3N2C)cc1.O=C(O)C(F)(F)F. The zero-order valence-corrected chi connectivity index (χ0v) is 20.6. The lowest BCUT2D eigenvalue weighted by molar-refractivity contribution is -0.192. The first-order chi connectivity index (χ1) is 17.5. The number of benzene rings is 2. The number of amides is 2. The molecule has 2 aliphatic heterocycles. The van der Waals surface area contributed by atoms with Crippen molar-refractivity contribution in [3.8, 4) is 5.75 Å². The highest BCUT2D eigenvalue weighted by molar-refractivity contribution is 5.94. The molecule has 3 unspecified atom stereocenters. The molecule has 2 saturated heterocycles. The van der Waals surface area contributed by atoms with Crippen molar-refractivity contribution in [3.63, 3.8) is 0 Å². The molecular weight excluding hydrogens is 491 g/mol. The fraction of sp³-hybridized carbons (Fsp3) is 0.423. The molecule has 2 amide bonds. The van der Waals surface area contributed by atoms with E-state index in [0.717, 1.165) is 36.3 Å². The van der Waals surface area contributed by atoms with Crippen molar-refractivity contribution in [2.75, 3.05) is 27.2 Å². The number of fused-ring (bicyclic) bond motifs is 1. The average Bonchev–Trinajstić information content (AvgIpc) is 3.23. The fourth-order valence-corrected chi connectivity index (χ4v) is 4.76. The molecule has 2 aliphatic rings. The van der Waals surface area contributed by atoms with Crippen molar-refractivity contribution in [2.24, 2.45) is 5.92 Å². The van der Waals surface area contributed by atoms with E-state index in [1.165, 1.54) is 0 Å². The Bertz CT molecular complexity index is 1080. The van der Waals surface area contributed by atoms with E-state index >= 15 is 0 Å². The van der Waals surface area contributed by atoms with Crippen molar-refractivity contribution >= 4 is 17.8 Å². The van der Waals surface area contributed by atoms with Gasteiger partial charge in [0.1, 0.15) is 5.75 Å². The molecule has 200 valence electrons. The third-order valence-electron chi connectivity index (χ3n) is 6.71. The summed E-state index contributed by atoms with van der Waals surface area (Å²) in [5.74, 6) is -1.48. The Balaban J connectivity index is 0.000000479. The molecule has 0 aliphatic carbocycles. The number of carboxylic acids is 1. The average molecular weight is 522 g/mol. The third-order valence-corrected chi connectivity index (χ3v) is 6.71. The molecule has 11 heteroatoms. The molecule has 8 nitrogen and oxygen atoms in total. The second-order valence-electron chi connectivity index (χ2n) is 9.02. The van der Waals surface area contributed by atoms with Crippen LogP contribution in [0.4, 0.5) is 13.2 Å². The van der Waals surface area contributed by atoms with E-state index in [4.69, 9.17) is 14.6 Å². The summed E-state index contributed by atoms with van der Waals surface area (Å²) in [6.07, 6.45) is -3.39. The van der Waals surface area contributed by atoms with Gasteiger partial charge in [-0.15, -0.1) is 0 Å². The van der Waals surface area contributed by atoms with Crippen molar-refractivity contribution in [3.05, 3.63) is 65.7 Å². The Morgan fingerprint density at radius 3 is 2.27 bits per heavy atom. The molecule has 0 radical (unpaired) electrons. The summed E-state index contributed by atoms with van der Waals surface area (Å²) >= 11 is 0. The number of aliphatic carboxylic acids is 1. The fourth-order valence-electron chi connectivity index (χ4n) is 4.76. The van der Waals surface area contributed by atoms with E-state index in [1.54, 1.807) is 7.11 Å². The van der Waals surface area contributed by atoms with Gasteiger partial charge in [-0.25, -0.2) is 4.79 Å². The minimum Gasteiger partial charge on any atom is -0.497 e. The first-order valence-electron chi connectivity index (χ1n) is 11.8. The number of piperidine rings is 1. The summed E-state index contributed by atoms with van der Waals surface area (Å²) in [6.45, 7) is 1.95. The highest BCUT2D eigenvalue weighted by Crippen LogP contribution is 2.35. The van der Waals surface area contributed by atoms with E-state index in [9.17, 15) is 22.8 Å². The molecule has 2 N–H and O–H groups in total. The Morgan fingerprint density at radius 2 is 1.70 bits per heavy atom. The molecule has 3 atom stereocenters. The number of halogens is 3. The van der Waals surface area contributed by atoms with Crippen LogP contribution < -0.4 is 10.1 Å². The van der Waals surface area contributed by atoms with Gasteiger partial charge in [-0.1, -0.05) is 30.3 Å². The molecule has 2 aromatic rings. The van der Waals surface area contributed by atoms with Gasteiger partial charge in [0.15, 0.2) is 0 Å². The summed E-state index contributed by atoms with van der Waals surface area (Å²) in [7, 11) is 3.68. The molecule has 0 saturated carbocycles. The number of carboxylic acid groups (broad SMARTS) is 1. The number of hydrogen-bond donors (Lipinski definition) is 2. The maximum absolute atomic E-state index is 12.9. The van der Waals surface area contributed by atoms with Crippen LogP contribution in [0.1, 0.15) is 28.8 Å². The standard InChI is InChI=1S/C24H29N3O3.C2HF3O2/c1-26-21-12-13-27(24(29)18-6-4-3-5-7-18)16-19(21)14-22(26)23(28)25-15-17-8-10-20(30-2)11-9-17;3-2(4,5)1(6)7/h3-11,19,21-22H,12-16H2,1-2H3,(H,25,28);(H,6,7). The second kappa shape index (κ2) is 12.1. The maximum atomic E-state index is 12.9. The summed E-state index contributed by atoms with van der Waals surface area (Å²) in [6, 6.07) is 17.4. The lowest BCUT2D eigenvalue weighted by Gasteiger charge is -2.37. The maximum Gasteiger partial charge on any atom is 0.490 e. The number of likely N-dealkylation sites (tertiary alicyclic amines) is 2. The van der Waals surface area contributed by atoms with Crippen LogP contribution in [0, 0.1) is 5.92 Å². The molecule has 2 aromatic carbocycles. The Hall–Kier alpha value is -3.60. The van der Waals surface area contributed by atoms with Crippen molar-refractivity contribution in [1.29, 1.82) is 0 Å². The van der Waals surface area contributed by atoms with Gasteiger partial charge in [0.2, 0.25) is 5.91 Å². The summed E-state index contributed by atoms with van der Waals surface area (Å²) in [5, 5.41) is 10.2. The van der Waals surface area contributed by atoms with E-state index in [1.807, 2.05) is 66.5 Å². The first kappa shape index (κ1) is 28.0. The third kappa shape index (κ3) is 7.22. The topological polar surface area (TPSA) is 99.2 Å². The quantitative estimate of drug-likeness (QED) is 0.627. The number of ether oxygens (including phenoxy) is 1. The molecular formula is C26H30F3N3O5. The Kier molecular flexibility index (Phi) is 9.14. The number of hydrogen-bond acceptors (Lipinski definition) is 5. The van der Waals surface area contributed by atoms with Crippen LogP contribution in [0.15, 0.2) is 54.6 Å². The number of carbonyl (C=O) groups is 3. The lowest BCUT2D eigenvalue weighted by Crippen LogP contribution is -2.49. The molecule has 4 rings (SSSR count). The van der Waals surface area contributed by atoms with Gasteiger partial charge in [-0.3, -0.25) is 14.5 Å². The van der Waals surface area contributed by atoms with Crippen LogP contribution in [-0.4, -0.2) is 78.2 Å². The van der Waals surface area contributed by atoms with Crippen LogP contribution in [0.5, 0.6) is 5.75 Å². The number of nitrogens with zero attached hydrogens (tertiary/aromatic N) is 2. The summed E-state index contributed by atoms with van der Waals surface area (Å²) in [4.78, 5) is 38.7. The Morgan fingerprint density at radius 1 is 1.08 bits per heavy atom. The van der Waals surface area contributed by atoms with Crippen LogP contribution in [-0.2, 0) is 16.1 Å². The largest absolute Gasteiger partial charge is 0.497 e. The lowest BCUT2D eigenvalue weighted by atomic mass is 9.91. The van der Waals surface area contributed by atoms with Crippen molar-refractivity contribution in [1.82, 2.24) is 15.1 Å². The van der Waals surface area contributed by atoms with Crippen LogP contribution >= 0.6 is 0 Å². The highest BCUT2D eigenvalue weighted by Gasteiger charge is 2.45. The van der Waals surface area contributed by atoms with Gasteiger partial charge in [-0.2, -0.15) is 13.2 Å². The predicted molar refractivity (Wildman–Crippen MR) is 129 cm³/mol. The monoisotopic (exact) mass is 521 g/mol. The minimum absolute atomic E-state index is 0.0589. The number of likely N-dealkylation sites (N-methyl/N-ethyl adjacent to an activating group) is 1.